The average Bonchev–Trinajstić information content (AvgIpc) is 2.38. The highest BCUT2D eigenvalue weighted by atomic mass is 79.9. The fraction of sp³-hybridized carbons (Fsp3) is 0.133. The highest BCUT2D eigenvalue weighted by Crippen LogP contribution is 2.16. The van der Waals surface area contributed by atoms with Crippen LogP contribution in [0.2, 0.25) is 5.02 Å². The predicted octanol–water partition coefficient (Wildman–Crippen LogP) is 4.77. The van der Waals surface area contributed by atoms with Crippen LogP contribution in [-0.2, 0) is 6.54 Å². The fourth-order valence-electron chi connectivity index (χ4n) is 1.77. The third-order valence-electron chi connectivity index (χ3n) is 2.73. The third kappa shape index (κ3) is 4.25. The molecule has 2 aromatic rings. The normalized spacial score (nSPS) is 10.2. The summed E-state index contributed by atoms with van der Waals surface area (Å²) in [4.78, 5) is 13.7. The molecule has 0 aromatic heterocycles. The summed E-state index contributed by atoms with van der Waals surface area (Å²) in [5, 5.41) is 3.40. The summed E-state index contributed by atoms with van der Waals surface area (Å²) in [5.74, 6) is 0. The summed E-state index contributed by atoms with van der Waals surface area (Å²) >= 11 is 9.30. The van der Waals surface area contributed by atoms with Gasteiger partial charge in [-0.25, -0.2) is 4.79 Å². The van der Waals surface area contributed by atoms with Crippen LogP contribution < -0.4 is 5.32 Å². The van der Waals surface area contributed by atoms with Crippen LogP contribution in [0, 0.1) is 0 Å². The third-order valence-corrected chi connectivity index (χ3v) is 3.46. The van der Waals surface area contributed by atoms with Crippen molar-refractivity contribution < 1.29 is 4.79 Å². The van der Waals surface area contributed by atoms with E-state index in [9.17, 15) is 4.79 Å². The number of rotatable bonds is 3. The van der Waals surface area contributed by atoms with Gasteiger partial charge in [-0.1, -0.05) is 45.7 Å². The number of amides is 2. The lowest BCUT2D eigenvalue weighted by Crippen LogP contribution is -2.30. The van der Waals surface area contributed by atoms with Crippen molar-refractivity contribution in [3.8, 4) is 0 Å². The Labute approximate surface area is 131 Å². The van der Waals surface area contributed by atoms with Crippen molar-refractivity contribution in [3.63, 3.8) is 0 Å². The van der Waals surface area contributed by atoms with Crippen LogP contribution in [0.3, 0.4) is 0 Å². The SMILES string of the molecule is CN(Cc1cccc(Br)c1)C(=O)Nc1cccc(Cl)c1. The first kappa shape index (κ1) is 14.9. The molecule has 104 valence electrons. The second-order valence-corrected chi connectivity index (χ2v) is 5.78. The van der Waals surface area contributed by atoms with E-state index in [0.717, 1.165) is 10.0 Å². The molecule has 0 fully saturated rings. The Morgan fingerprint density at radius 3 is 2.70 bits per heavy atom. The average molecular weight is 354 g/mol. The number of carbonyl (C=O) groups excluding carboxylic acids is 1. The molecule has 0 spiro atoms. The van der Waals surface area contributed by atoms with E-state index in [1.54, 1.807) is 36.2 Å². The van der Waals surface area contributed by atoms with E-state index in [4.69, 9.17) is 11.6 Å². The van der Waals surface area contributed by atoms with Crippen LogP contribution in [0.15, 0.2) is 53.0 Å². The van der Waals surface area contributed by atoms with Gasteiger partial charge in [0.25, 0.3) is 0 Å². The van der Waals surface area contributed by atoms with Crippen LogP contribution in [0.5, 0.6) is 0 Å². The molecule has 0 radical (unpaired) electrons. The summed E-state index contributed by atoms with van der Waals surface area (Å²) in [7, 11) is 1.75. The van der Waals surface area contributed by atoms with Crippen molar-refractivity contribution in [2.75, 3.05) is 12.4 Å². The van der Waals surface area contributed by atoms with E-state index in [1.165, 1.54) is 0 Å². The van der Waals surface area contributed by atoms with E-state index < -0.39 is 0 Å². The van der Waals surface area contributed by atoms with Gasteiger partial charge < -0.3 is 10.2 Å². The van der Waals surface area contributed by atoms with Crippen molar-refractivity contribution in [1.82, 2.24) is 4.90 Å². The van der Waals surface area contributed by atoms with Crippen molar-refractivity contribution in [2.45, 2.75) is 6.54 Å². The first-order valence-electron chi connectivity index (χ1n) is 6.07. The summed E-state index contributed by atoms with van der Waals surface area (Å²) < 4.78 is 0.999. The number of urea groups is 1. The quantitative estimate of drug-likeness (QED) is 0.847. The van der Waals surface area contributed by atoms with Gasteiger partial charge in [0.2, 0.25) is 0 Å². The van der Waals surface area contributed by atoms with Crippen LogP contribution >= 0.6 is 27.5 Å². The molecule has 0 heterocycles. The Balaban J connectivity index is 1.98. The minimum atomic E-state index is -0.174. The summed E-state index contributed by atoms with van der Waals surface area (Å²) in [6.07, 6.45) is 0. The van der Waals surface area contributed by atoms with E-state index in [-0.39, 0.29) is 6.03 Å². The molecule has 0 aliphatic carbocycles. The molecule has 2 amide bonds. The molecule has 20 heavy (non-hydrogen) atoms. The number of halogens is 2. The standard InChI is InChI=1S/C15H14BrClN2O/c1-19(10-11-4-2-5-12(16)8-11)15(20)18-14-7-3-6-13(17)9-14/h2-9H,10H2,1H3,(H,18,20). The number of carbonyl (C=O) groups is 1. The molecule has 3 nitrogen and oxygen atoms in total. The molecule has 0 unspecified atom stereocenters. The second kappa shape index (κ2) is 6.77. The van der Waals surface area contributed by atoms with Gasteiger partial charge in [-0.05, 0) is 35.9 Å². The second-order valence-electron chi connectivity index (χ2n) is 4.43. The Kier molecular flexibility index (Phi) is 5.04. The zero-order valence-electron chi connectivity index (χ0n) is 10.9. The topological polar surface area (TPSA) is 32.3 Å². The number of anilines is 1. The van der Waals surface area contributed by atoms with Gasteiger partial charge in [0.05, 0.1) is 0 Å². The first-order chi connectivity index (χ1) is 9.54. The van der Waals surface area contributed by atoms with Gasteiger partial charge in [-0.3, -0.25) is 0 Å². The number of hydrogen-bond donors (Lipinski definition) is 1. The Hall–Kier alpha value is -1.52. The molecule has 0 atom stereocenters. The van der Waals surface area contributed by atoms with E-state index in [2.05, 4.69) is 21.2 Å². The van der Waals surface area contributed by atoms with Gasteiger partial charge in [0.1, 0.15) is 0 Å². The van der Waals surface area contributed by atoms with Crippen molar-refractivity contribution >= 4 is 39.2 Å². The van der Waals surface area contributed by atoms with Crippen LogP contribution in [0.25, 0.3) is 0 Å². The van der Waals surface area contributed by atoms with Gasteiger partial charge in [-0.15, -0.1) is 0 Å². The molecule has 2 aromatic carbocycles. The minimum absolute atomic E-state index is 0.174. The zero-order valence-corrected chi connectivity index (χ0v) is 13.3. The molecule has 0 aliphatic rings. The number of nitrogens with one attached hydrogen (secondary N) is 1. The predicted molar refractivity (Wildman–Crippen MR) is 86.1 cm³/mol. The van der Waals surface area contributed by atoms with Crippen molar-refractivity contribution in [3.05, 3.63) is 63.6 Å². The maximum atomic E-state index is 12.1. The van der Waals surface area contributed by atoms with Crippen molar-refractivity contribution in [1.29, 1.82) is 0 Å². The molecule has 0 saturated heterocycles. The maximum absolute atomic E-state index is 12.1. The number of benzene rings is 2. The van der Waals surface area contributed by atoms with Crippen LogP contribution in [-0.4, -0.2) is 18.0 Å². The molecule has 1 N–H and O–H groups in total. The van der Waals surface area contributed by atoms with Gasteiger partial charge in [0, 0.05) is 28.8 Å². The molecule has 0 saturated carbocycles. The molecule has 0 aliphatic heterocycles. The van der Waals surface area contributed by atoms with Gasteiger partial charge in [-0.2, -0.15) is 0 Å². The Morgan fingerprint density at radius 1 is 1.25 bits per heavy atom. The Bertz CT molecular complexity index is 618. The van der Waals surface area contributed by atoms with Gasteiger partial charge in [0.15, 0.2) is 0 Å². The Morgan fingerprint density at radius 2 is 2.00 bits per heavy atom. The lowest BCUT2D eigenvalue weighted by atomic mass is 10.2. The first-order valence-corrected chi connectivity index (χ1v) is 7.24. The zero-order chi connectivity index (χ0) is 14.5. The number of nitrogens with zero attached hydrogens (tertiary/aromatic N) is 1. The summed E-state index contributed by atoms with van der Waals surface area (Å²) in [6, 6.07) is 14.8. The van der Waals surface area contributed by atoms with Gasteiger partial charge >= 0.3 is 6.03 Å². The van der Waals surface area contributed by atoms with Crippen LogP contribution in [0.1, 0.15) is 5.56 Å². The molecule has 0 bridgehead atoms. The highest BCUT2D eigenvalue weighted by molar-refractivity contribution is 9.10. The smallest absolute Gasteiger partial charge is 0.321 e. The highest BCUT2D eigenvalue weighted by Gasteiger charge is 2.09. The van der Waals surface area contributed by atoms with E-state index >= 15 is 0 Å². The molecule has 2 rings (SSSR count). The van der Waals surface area contributed by atoms with E-state index in [1.807, 2.05) is 24.3 Å². The fourth-order valence-corrected chi connectivity index (χ4v) is 2.40. The number of hydrogen-bond acceptors (Lipinski definition) is 1. The largest absolute Gasteiger partial charge is 0.323 e. The molecular formula is C15H14BrClN2O. The molecule has 5 heteroatoms. The monoisotopic (exact) mass is 352 g/mol. The maximum Gasteiger partial charge on any atom is 0.321 e. The summed E-state index contributed by atoms with van der Waals surface area (Å²) in [5.41, 5.74) is 1.74. The van der Waals surface area contributed by atoms with Crippen LogP contribution in [0.4, 0.5) is 10.5 Å². The summed E-state index contributed by atoms with van der Waals surface area (Å²) in [6.45, 7) is 0.534. The lowest BCUT2D eigenvalue weighted by Gasteiger charge is -2.18. The minimum Gasteiger partial charge on any atom is -0.323 e. The van der Waals surface area contributed by atoms with Crippen molar-refractivity contribution in [2.24, 2.45) is 0 Å². The lowest BCUT2D eigenvalue weighted by molar-refractivity contribution is 0.220. The molecular weight excluding hydrogens is 340 g/mol. The van der Waals surface area contributed by atoms with E-state index in [0.29, 0.717) is 17.3 Å².